The number of aromatic hydroxyl groups is 1. The van der Waals surface area contributed by atoms with Gasteiger partial charge in [-0.2, -0.15) is 0 Å². The number of hydrogen-bond donors (Lipinski definition) is 2. The van der Waals surface area contributed by atoms with Gasteiger partial charge in [-0.25, -0.2) is 4.98 Å². The minimum atomic E-state index is -0.479. The maximum Gasteiger partial charge on any atom is 0.253 e. The number of carbonyl (C=O) groups excluding carboxylic acids is 2. The third-order valence-corrected chi connectivity index (χ3v) is 5.32. The van der Waals surface area contributed by atoms with Crippen LogP contribution in [0.3, 0.4) is 0 Å². The van der Waals surface area contributed by atoms with Crippen molar-refractivity contribution in [1.29, 1.82) is 0 Å². The van der Waals surface area contributed by atoms with Gasteiger partial charge in [0.1, 0.15) is 17.6 Å². The van der Waals surface area contributed by atoms with Crippen LogP contribution < -0.4 is 5.32 Å². The Hall–Kier alpha value is -3.39. The Bertz CT molecular complexity index is 1100. The topological polar surface area (TPSA) is 109 Å². The van der Waals surface area contributed by atoms with Gasteiger partial charge in [-0.1, -0.05) is 23.7 Å². The van der Waals surface area contributed by atoms with E-state index in [1.54, 1.807) is 11.1 Å². The van der Waals surface area contributed by atoms with Crippen molar-refractivity contribution in [2.75, 3.05) is 13.1 Å². The molecule has 3 heterocycles. The summed E-state index contributed by atoms with van der Waals surface area (Å²) < 4.78 is 5.93. The molecule has 1 atom stereocenters. The lowest BCUT2D eigenvalue weighted by Gasteiger charge is -2.22. The standard InChI is InChI=1S/C22H21ClN4O4/c23-16-4-1-3-14(7-16)8-18-12-26-22(31-18)19-5-2-6-27(19)20(29)13-25-21(30)15-9-17(28)11-24-10-15/h1,3-4,7,9-12,19,28H,2,5-6,8,13H2,(H,25,30)/t19-/m1/s1. The molecule has 2 N–H and O–H groups in total. The number of nitrogens with one attached hydrogen (secondary N) is 1. The molecule has 0 saturated carbocycles. The van der Waals surface area contributed by atoms with Gasteiger partial charge in [0.2, 0.25) is 11.8 Å². The van der Waals surface area contributed by atoms with Crippen LogP contribution in [0.5, 0.6) is 5.75 Å². The molecule has 1 saturated heterocycles. The van der Waals surface area contributed by atoms with Crippen LogP contribution >= 0.6 is 11.6 Å². The van der Waals surface area contributed by atoms with Crippen molar-refractivity contribution in [3.63, 3.8) is 0 Å². The summed E-state index contributed by atoms with van der Waals surface area (Å²) in [7, 11) is 0. The minimum Gasteiger partial charge on any atom is -0.506 e. The molecule has 9 heteroatoms. The number of oxazole rings is 1. The predicted molar refractivity (Wildman–Crippen MR) is 113 cm³/mol. The lowest BCUT2D eigenvalue weighted by atomic mass is 10.1. The number of benzene rings is 1. The van der Waals surface area contributed by atoms with Crippen LogP contribution in [0.2, 0.25) is 5.02 Å². The maximum absolute atomic E-state index is 12.7. The first kappa shape index (κ1) is 20.9. The van der Waals surface area contributed by atoms with Crippen molar-refractivity contribution in [3.8, 4) is 5.75 Å². The van der Waals surface area contributed by atoms with Gasteiger partial charge in [0.15, 0.2) is 0 Å². The maximum atomic E-state index is 12.7. The van der Waals surface area contributed by atoms with Crippen LogP contribution in [0, 0.1) is 0 Å². The van der Waals surface area contributed by atoms with E-state index in [1.807, 2.05) is 24.3 Å². The van der Waals surface area contributed by atoms with Crippen molar-refractivity contribution in [3.05, 3.63) is 76.7 Å². The van der Waals surface area contributed by atoms with Gasteiger partial charge in [0.05, 0.1) is 24.5 Å². The molecule has 8 nitrogen and oxygen atoms in total. The van der Waals surface area contributed by atoms with Crippen LogP contribution in [0.25, 0.3) is 0 Å². The summed E-state index contributed by atoms with van der Waals surface area (Å²) >= 11 is 6.04. The molecule has 0 aliphatic carbocycles. The summed E-state index contributed by atoms with van der Waals surface area (Å²) in [4.78, 5) is 34.8. The van der Waals surface area contributed by atoms with E-state index in [0.29, 0.717) is 29.6 Å². The number of aromatic nitrogens is 2. The first-order valence-electron chi connectivity index (χ1n) is 9.90. The zero-order valence-electron chi connectivity index (χ0n) is 16.6. The van der Waals surface area contributed by atoms with E-state index in [2.05, 4.69) is 15.3 Å². The van der Waals surface area contributed by atoms with E-state index < -0.39 is 5.91 Å². The highest BCUT2D eigenvalue weighted by Gasteiger charge is 2.33. The number of rotatable bonds is 6. The molecule has 2 amide bonds. The summed E-state index contributed by atoms with van der Waals surface area (Å²) in [5.41, 5.74) is 1.20. The molecule has 0 bridgehead atoms. The van der Waals surface area contributed by atoms with E-state index in [4.69, 9.17) is 16.0 Å². The highest BCUT2D eigenvalue weighted by Crippen LogP contribution is 2.32. The molecule has 1 aliphatic rings. The number of pyridine rings is 1. The Morgan fingerprint density at radius 3 is 2.94 bits per heavy atom. The molecule has 1 aromatic carbocycles. The van der Waals surface area contributed by atoms with Crippen LogP contribution in [-0.2, 0) is 11.2 Å². The second kappa shape index (κ2) is 9.18. The molecule has 160 valence electrons. The summed E-state index contributed by atoms with van der Waals surface area (Å²) in [6, 6.07) is 8.56. The second-order valence-electron chi connectivity index (χ2n) is 7.33. The highest BCUT2D eigenvalue weighted by molar-refractivity contribution is 6.30. The van der Waals surface area contributed by atoms with Gasteiger partial charge in [0, 0.05) is 24.2 Å². The SMILES string of the molecule is O=C(NCC(=O)N1CCC[C@@H]1c1ncc(Cc2cccc(Cl)c2)o1)c1cncc(O)c1. The Morgan fingerprint density at radius 1 is 1.26 bits per heavy atom. The van der Waals surface area contributed by atoms with Gasteiger partial charge in [0.25, 0.3) is 5.91 Å². The van der Waals surface area contributed by atoms with E-state index in [9.17, 15) is 14.7 Å². The first-order valence-corrected chi connectivity index (χ1v) is 10.3. The Balaban J connectivity index is 1.38. The van der Waals surface area contributed by atoms with Crippen LogP contribution in [0.15, 0.2) is 53.3 Å². The largest absolute Gasteiger partial charge is 0.506 e. The van der Waals surface area contributed by atoms with Crippen molar-refractivity contribution in [2.45, 2.75) is 25.3 Å². The second-order valence-corrected chi connectivity index (χ2v) is 7.77. The number of carbonyl (C=O) groups is 2. The molecule has 0 unspecified atom stereocenters. The lowest BCUT2D eigenvalue weighted by molar-refractivity contribution is -0.131. The molecule has 4 rings (SSSR count). The van der Waals surface area contributed by atoms with Crippen LogP contribution in [0.1, 0.15) is 46.5 Å². The number of amides is 2. The van der Waals surface area contributed by atoms with E-state index >= 15 is 0 Å². The summed E-state index contributed by atoms with van der Waals surface area (Å²) in [6.07, 6.45) is 6.36. The third-order valence-electron chi connectivity index (χ3n) is 5.08. The molecule has 1 fully saturated rings. The average Bonchev–Trinajstić information content (AvgIpc) is 3.41. The van der Waals surface area contributed by atoms with Crippen LogP contribution in [-0.4, -0.2) is 44.9 Å². The molecule has 0 radical (unpaired) electrons. The fourth-order valence-corrected chi connectivity index (χ4v) is 3.85. The number of nitrogens with zero attached hydrogens (tertiary/aromatic N) is 3. The Morgan fingerprint density at radius 2 is 2.13 bits per heavy atom. The van der Waals surface area contributed by atoms with Crippen molar-refractivity contribution in [2.24, 2.45) is 0 Å². The highest BCUT2D eigenvalue weighted by atomic mass is 35.5. The molecule has 0 spiro atoms. The number of hydrogen-bond acceptors (Lipinski definition) is 6. The zero-order valence-corrected chi connectivity index (χ0v) is 17.4. The molecular weight excluding hydrogens is 420 g/mol. The van der Waals surface area contributed by atoms with Gasteiger partial charge in [-0.05, 0) is 36.6 Å². The average molecular weight is 441 g/mol. The first-order chi connectivity index (χ1) is 15.0. The molecule has 2 aromatic heterocycles. The summed E-state index contributed by atoms with van der Waals surface area (Å²) in [5.74, 6) is 0.370. The minimum absolute atomic E-state index is 0.115. The predicted octanol–water partition coefficient (Wildman–Crippen LogP) is 3.11. The fourth-order valence-electron chi connectivity index (χ4n) is 3.64. The van der Waals surface area contributed by atoms with E-state index in [0.717, 1.165) is 18.4 Å². The molecular formula is C22H21ClN4O4. The van der Waals surface area contributed by atoms with Gasteiger partial charge in [-0.3, -0.25) is 14.6 Å². The van der Waals surface area contributed by atoms with Crippen molar-refractivity contribution >= 4 is 23.4 Å². The van der Waals surface area contributed by atoms with Crippen molar-refractivity contribution in [1.82, 2.24) is 20.2 Å². The third kappa shape index (κ3) is 5.03. The Labute approximate surface area is 183 Å². The van der Waals surface area contributed by atoms with Gasteiger partial charge < -0.3 is 19.7 Å². The Kier molecular flexibility index (Phi) is 6.18. The van der Waals surface area contributed by atoms with Crippen LogP contribution in [0.4, 0.5) is 0 Å². The molecule has 31 heavy (non-hydrogen) atoms. The van der Waals surface area contributed by atoms with E-state index in [-0.39, 0.29) is 29.8 Å². The zero-order chi connectivity index (χ0) is 21.8. The fraction of sp³-hybridized carbons (Fsp3) is 0.273. The van der Waals surface area contributed by atoms with Gasteiger partial charge >= 0.3 is 0 Å². The molecule has 3 aromatic rings. The molecule has 1 aliphatic heterocycles. The smallest absolute Gasteiger partial charge is 0.253 e. The van der Waals surface area contributed by atoms with E-state index in [1.165, 1.54) is 18.5 Å². The van der Waals surface area contributed by atoms with Gasteiger partial charge in [-0.15, -0.1) is 0 Å². The summed E-state index contributed by atoms with van der Waals surface area (Å²) in [6.45, 7) is 0.403. The summed E-state index contributed by atoms with van der Waals surface area (Å²) in [5, 5.41) is 12.7. The van der Waals surface area contributed by atoms with Crippen molar-refractivity contribution < 1.29 is 19.1 Å². The quantitative estimate of drug-likeness (QED) is 0.609. The number of halogens is 1. The normalized spacial score (nSPS) is 15.8. The number of likely N-dealkylation sites (tertiary alicyclic amines) is 1. The monoisotopic (exact) mass is 440 g/mol. The lowest BCUT2D eigenvalue weighted by Crippen LogP contribution is -2.40.